The third-order valence-electron chi connectivity index (χ3n) is 2.54. The van der Waals surface area contributed by atoms with Crippen LogP contribution < -0.4 is 5.32 Å². The highest BCUT2D eigenvalue weighted by molar-refractivity contribution is 5.85. The van der Waals surface area contributed by atoms with Crippen LogP contribution in [0.25, 0.3) is 0 Å². The van der Waals surface area contributed by atoms with Gasteiger partial charge < -0.3 is 5.32 Å². The Bertz CT molecular complexity index is 161. The number of rotatable bonds is 0. The van der Waals surface area contributed by atoms with Crippen molar-refractivity contribution < 1.29 is 0 Å². The Kier molecular flexibility index (Phi) is 2.23. The Morgan fingerprint density at radius 3 is 2.50 bits per heavy atom. The summed E-state index contributed by atoms with van der Waals surface area (Å²) in [6, 6.07) is 1.17. The maximum absolute atomic E-state index is 5.31. The summed E-state index contributed by atoms with van der Waals surface area (Å²) in [4.78, 5) is 0. The van der Waals surface area contributed by atoms with Crippen molar-refractivity contribution in [2.45, 2.75) is 31.3 Å². The van der Waals surface area contributed by atoms with Crippen LogP contribution in [0.4, 0.5) is 0 Å². The maximum atomic E-state index is 5.31. The highest BCUT2D eigenvalue weighted by Gasteiger charge is 2.37. The molecule has 2 bridgehead atoms. The molecule has 0 amide bonds. The fraction of sp³-hybridized carbons (Fsp3) is 0.750. The molecular weight excluding hydrogens is 146 g/mol. The predicted octanol–water partition coefficient (Wildman–Crippen LogP) is 1.18. The molecule has 0 aromatic carbocycles. The molecule has 1 heterocycles. The standard InChI is InChI=1S/C8H11N.ClH/c1-2-8-6-3-4-7(5-6)9-8;/h1,6-9H,3-5H2;1H/t6-,7+,8+;/m0./s1. The first-order valence-electron chi connectivity index (χ1n) is 3.62. The molecule has 0 spiro atoms. The first-order valence-corrected chi connectivity index (χ1v) is 3.62. The van der Waals surface area contributed by atoms with Crippen LogP contribution in [0.15, 0.2) is 0 Å². The van der Waals surface area contributed by atoms with Crippen molar-refractivity contribution in [2.75, 3.05) is 0 Å². The van der Waals surface area contributed by atoms with E-state index in [1.165, 1.54) is 19.3 Å². The molecule has 56 valence electrons. The Morgan fingerprint density at radius 1 is 1.40 bits per heavy atom. The van der Waals surface area contributed by atoms with Crippen LogP contribution in [0.1, 0.15) is 19.3 Å². The lowest BCUT2D eigenvalue weighted by Gasteiger charge is -2.16. The first-order chi connectivity index (χ1) is 4.40. The average Bonchev–Trinajstić information content (AvgIpc) is 2.45. The zero-order chi connectivity index (χ0) is 6.27. The van der Waals surface area contributed by atoms with Crippen LogP contribution in [-0.2, 0) is 0 Å². The minimum atomic E-state index is 0. The highest BCUT2D eigenvalue weighted by atomic mass is 35.5. The van der Waals surface area contributed by atoms with Crippen molar-refractivity contribution >= 4 is 12.4 Å². The van der Waals surface area contributed by atoms with Gasteiger partial charge in [-0.2, -0.15) is 0 Å². The lowest BCUT2D eigenvalue weighted by Crippen LogP contribution is -2.33. The largest absolute Gasteiger partial charge is 0.301 e. The zero-order valence-electron chi connectivity index (χ0n) is 5.84. The zero-order valence-corrected chi connectivity index (χ0v) is 6.66. The van der Waals surface area contributed by atoms with Gasteiger partial charge in [0.1, 0.15) is 0 Å². The summed E-state index contributed by atoms with van der Waals surface area (Å²) >= 11 is 0. The van der Waals surface area contributed by atoms with Crippen LogP contribution >= 0.6 is 12.4 Å². The topological polar surface area (TPSA) is 12.0 Å². The van der Waals surface area contributed by atoms with Gasteiger partial charge in [-0.1, -0.05) is 5.92 Å². The molecule has 2 rings (SSSR count). The van der Waals surface area contributed by atoms with Crippen LogP contribution in [0, 0.1) is 18.3 Å². The summed E-state index contributed by atoms with van der Waals surface area (Å²) in [6.07, 6.45) is 9.34. The molecule has 2 heteroatoms. The quantitative estimate of drug-likeness (QED) is 0.521. The fourth-order valence-electron chi connectivity index (χ4n) is 2.04. The second-order valence-electron chi connectivity index (χ2n) is 3.08. The summed E-state index contributed by atoms with van der Waals surface area (Å²) in [6.45, 7) is 0. The van der Waals surface area contributed by atoms with Crippen molar-refractivity contribution in [2.24, 2.45) is 5.92 Å². The van der Waals surface area contributed by atoms with Gasteiger partial charge >= 0.3 is 0 Å². The van der Waals surface area contributed by atoms with E-state index < -0.39 is 0 Å². The maximum Gasteiger partial charge on any atom is 0.0718 e. The molecule has 1 saturated heterocycles. The molecule has 0 aromatic heterocycles. The molecular formula is C8H12ClN. The van der Waals surface area contributed by atoms with E-state index in [0.717, 1.165) is 12.0 Å². The lowest BCUT2D eigenvalue weighted by atomic mass is 10.0. The Morgan fingerprint density at radius 2 is 2.20 bits per heavy atom. The number of nitrogens with one attached hydrogen (secondary N) is 1. The molecule has 1 nitrogen and oxygen atoms in total. The Labute approximate surface area is 68.0 Å². The van der Waals surface area contributed by atoms with Gasteiger partial charge in [-0.3, -0.25) is 0 Å². The van der Waals surface area contributed by atoms with E-state index >= 15 is 0 Å². The van der Waals surface area contributed by atoms with E-state index in [1.807, 2.05) is 0 Å². The van der Waals surface area contributed by atoms with E-state index in [1.54, 1.807) is 0 Å². The van der Waals surface area contributed by atoms with Crippen molar-refractivity contribution in [1.82, 2.24) is 5.32 Å². The number of hydrogen-bond donors (Lipinski definition) is 1. The molecule has 2 aliphatic rings. The summed E-state index contributed by atoms with van der Waals surface area (Å²) in [5.74, 6) is 3.59. The van der Waals surface area contributed by atoms with Gasteiger partial charge in [0, 0.05) is 6.04 Å². The number of piperidine rings is 1. The normalized spacial score (nSPS) is 42.5. The van der Waals surface area contributed by atoms with Crippen molar-refractivity contribution in [3.05, 3.63) is 0 Å². The van der Waals surface area contributed by atoms with E-state index in [-0.39, 0.29) is 12.4 Å². The molecule has 1 saturated carbocycles. The second-order valence-corrected chi connectivity index (χ2v) is 3.08. The van der Waals surface area contributed by atoms with Gasteiger partial charge in [0.05, 0.1) is 6.04 Å². The molecule has 0 unspecified atom stereocenters. The van der Waals surface area contributed by atoms with Crippen molar-refractivity contribution in [3.8, 4) is 12.3 Å². The smallest absolute Gasteiger partial charge is 0.0718 e. The average molecular weight is 158 g/mol. The minimum absolute atomic E-state index is 0. The third-order valence-corrected chi connectivity index (χ3v) is 2.54. The fourth-order valence-corrected chi connectivity index (χ4v) is 2.04. The minimum Gasteiger partial charge on any atom is -0.301 e. The molecule has 1 aliphatic carbocycles. The first kappa shape index (κ1) is 7.91. The molecule has 0 radical (unpaired) electrons. The van der Waals surface area contributed by atoms with E-state index in [0.29, 0.717) is 6.04 Å². The predicted molar refractivity (Wildman–Crippen MR) is 44.1 cm³/mol. The van der Waals surface area contributed by atoms with E-state index in [9.17, 15) is 0 Å². The van der Waals surface area contributed by atoms with E-state index in [4.69, 9.17) is 6.42 Å². The number of fused-ring (bicyclic) bond motifs is 2. The molecule has 3 atom stereocenters. The third kappa shape index (κ3) is 1.02. The van der Waals surface area contributed by atoms with Gasteiger partial charge in [-0.05, 0) is 25.2 Å². The molecule has 1 N–H and O–H groups in total. The van der Waals surface area contributed by atoms with Gasteiger partial charge in [-0.15, -0.1) is 18.8 Å². The van der Waals surface area contributed by atoms with Gasteiger partial charge in [-0.25, -0.2) is 0 Å². The number of hydrogen-bond acceptors (Lipinski definition) is 1. The van der Waals surface area contributed by atoms with E-state index in [2.05, 4.69) is 11.2 Å². The Hall–Kier alpha value is -0.190. The SMILES string of the molecule is C#C[C@H]1N[C@@H]2CC[C@H]1C2.Cl. The highest BCUT2D eigenvalue weighted by Crippen LogP contribution is 2.34. The molecule has 2 fully saturated rings. The van der Waals surface area contributed by atoms with Gasteiger partial charge in [0.25, 0.3) is 0 Å². The molecule has 0 aromatic rings. The summed E-state index contributed by atoms with van der Waals surface area (Å²) in [5.41, 5.74) is 0. The number of halogens is 1. The lowest BCUT2D eigenvalue weighted by molar-refractivity contribution is 0.446. The Balaban J connectivity index is 0.000000500. The molecule has 1 aliphatic heterocycles. The van der Waals surface area contributed by atoms with Gasteiger partial charge in [0.15, 0.2) is 0 Å². The van der Waals surface area contributed by atoms with Crippen molar-refractivity contribution in [1.29, 1.82) is 0 Å². The van der Waals surface area contributed by atoms with Crippen LogP contribution in [0.3, 0.4) is 0 Å². The van der Waals surface area contributed by atoms with Gasteiger partial charge in [0.2, 0.25) is 0 Å². The van der Waals surface area contributed by atoms with Crippen LogP contribution in [0.2, 0.25) is 0 Å². The molecule has 10 heavy (non-hydrogen) atoms. The van der Waals surface area contributed by atoms with Crippen molar-refractivity contribution in [3.63, 3.8) is 0 Å². The summed E-state index contributed by atoms with van der Waals surface area (Å²) < 4.78 is 0. The van der Waals surface area contributed by atoms with Crippen LogP contribution in [0.5, 0.6) is 0 Å². The number of terminal acetylenes is 1. The van der Waals surface area contributed by atoms with Crippen LogP contribution in [-0.4, -0.2) is 12.1 Å². The summed E-state index contributed by atoms with van der Waals surface area (Å²) in [5, 5.41) is 3.40. The summed E-state index contributed by atoms with van der Waals surface area (Å²) in [7, 11) is 0. The second kappa shape index (κ2) is 2.82. The monoisotopic (exact) mass is 157 g/mol.